The first-order chi connectivity index (χ1) is 17.6. The van der Waals surface area contributed by atoms with Gasteiger partial charge in [0.2, 0.25) is 5.79 Å². The van der Waals surface area contributed by atoms with Gasteiger partial charge < -0.3 is 29.2 Å². The molecule has 0 radical (unpaired) electrons. The first-order valence-corrected chi connectivity index (χ1v) is 13.4. The van der Waals surface area contributed by atoms with E-state index < -0.39 is 29.6 Å². The molecule has 210 valence electrons. The van der Waals surface area contributed by atoms with Crippen molar-refractivity contribution in [1.82, 2.24) is 4.90 Å². The Morgan fingerprint density at radius 2 is 1.73 bits per heavy atom. The van der Waals surface area contributed by atoms with Gasteiger partial charge in [-0.2, -0.15) is 0 Å². The van der Waals surface area contributed by atoms with Crippen LogP contribution in [0.5, 0.6) is 0 Å². The number of morpholine rings is 1. The van der Waals surface area contributed by atoms with E-state index in [0.29, 0.717) is 36.5 Å². The third-order valence-electron chi connectivity index (χ3n) is 8.47. The number of carbonyl (C=O) groups is 2. The van der Waals surface area contributed by atoms with Gasteiger partial charge in [-0.05, 0) is 44.4 Å². The molecule has 37 heavy (non-hydrogen) atoms. The van der Waals surface area contributed by atoms with Gasteiger partial charge in [-0.15, -0.1) is 0 Å². The Morgan fingerprint density at radius 1 is 1.03 bits per heavy atom. The average molecular weight is 528 g/mol. The molecule has 5 saturated heterocycles. The SMILES string of the molecule is C[C@@H]1CCC2[C@@H](C)[C@@H](OCCCN3CCOCC3)O[C@@H]3O[C@@]4(C)CCC1[C@@]23OO4.O=C(O)/C=C/C(=O)O. The van der Waals surface area contributed by atoms with Crippen LogP contribution in [0, 0.1) is 23.7 Å². The molecule has 1 saturated carbocycles. The summed E-state index contributed by atoms with van der Waals surface area (Å²) in [5.41, 5.74) is -0.499. The molecule has 11 nitrogen and oxygen atoms in total. The average Bonchev–Trinajstić information content (AvgIpc) is 3.10. The van der Waals surface area contributed by atoms with E-state index >= 15 is 0 Å². The van der Waals surface area contributed by atoms with Crippen molar-refractivity contribution < 1.29 is 48.5 Å². The topological polar surface area (TPSA) is 133 Å². The maximum atomic E-state index is 9.55. The number of carboxylic acid groups (broad SMARTS) is 2. The van der Waals surface area contributed by atoms with Crippen molar-refractivity contribution in [1.29, 1.82) is 0 Å². The molecule has 2 bridgehead atoms. The fourth-order valence-electron chi connectivity index (χ4n) is 6.52. The van der Waals surface area contributed by atoms with Crippen LogP contribution < -0.4 is 0 Å². The fraction of sp³-hybridized carbons (Fsp3) is 0.846. The van der Waals surface area contributed by atoms with Crippen molar-refractivity contribution in [2.24, 2.45) is 23.7 Å². The summed E-state index contributed by atoms with van der Waals surface area (Å²) in [6.45, 7) is 12.0. The summed E-state index contributed by atoms with van der Waals surface area (Å²) in [4.78, 5) is 33.6. The summed E-state index contributed by atoms with van der Waals surface area (Å²) < 4.78 is 24.6. The van der Waals surface area contributed by atoms with Gasteiger partial charge in [-0.3, -0.25) is 4.90 Å². The van der Waals surface area contributed by atoms with Crippen molar-refractivity contribution in [3.05, 3.63) is 12.2 Å². The second kappa shape index (κ2) is 12.1. The Balaban J connectivity index is 0.000000349. The van der Waals surface area contributed by atoms with Crippen molar-refractivity contribution in [3.8, 4) is 0 Å². The lowest BCUT2D eigenvalue weighted by Gasteiger charge is -2.60. The quantitative estimate of drug-likeness (QED) is 0.288. The van der Waals surface area contributed by atoms with E-state index in [1.54, 1.807) is 0 Å². The molecule has 6 rings (SSSR count). The molecule has 6 fully saturated rings. The molecule has 0 aromatic heterocycles. The molecular weight excluding hydrogens is 486 g/mol. The minimum Gasteiger partial charge on any atom is -0.478 e. The molecule has 2 N–H and O–H groups in total. The summed E-state index contributed by atoms with van der Waals surface area (Å²) >= 11 is 0. The maximum absolute atomic E-state index is 9.55. The van der Waals surface area contributed by atoms with Crippen LogP contribution in [-0.4, -0.2) is 90.5 Å². The summed E-state index contributed by atoms with van der Waals surface area (Å²) in [5, 5.41) is 15.6. The Morgan fingerprint density at radius 3 is 2.41 bits per heavy atom. The standard InChI is InChI=1S/C22H37NO6.C4H4O4/c1-15-5-6-18-16(2)19(25-12-4-9-23-10-13-24-14-11-23)26-20-22(18)17(15)7-8-21(3,27-20)28-29-22;5-3(6)1-2-4(7)8/h15-20H,4-14H2,1-3H3;1-2H,(H,5,6)(H,7,8)/b;2-1+/t15-,16-,17?,18?,19+,20-,21-,22-;/m1./s1. The molecule has 5 aliphatic heterocycles. The number of ether oxygens (including phenoxy) is 4. The largest absolute Gasteiger partial charge is 0.478 e. The molecular formula is C26H41NO10. The molecule has 8 atom stereocenters. The zero-order valence-corrected chi connectivity index (χ0v) is 22.0. The van der Waals surface area contributed by atoms with E-state index in [9.17, 15) is 9.59 Å². The van der Waals surface area contributed by atoms with Crippen molar-refractivity contribution in [3.63, 3.8) is 0 Å². The monoisotopic (exact) mass is 527 g/mol. The number of hydrogen-bond acceptors (Lipinski definition) is 9. The maximum Gasteiger partial charge on any atom is 0.328 e. The molecule has 5 heterocycles. The number of nitrogens with zero attached hydrogens (tertiary/aromatic N) is 1. The van der Waals surface area contributed by atoms with E-state index in [1.165, 1.54) is 6.42 Å². The second-order valence-electron chi connectivity index (χ2n) is 11.0. The van der Waals surface area contributed by atoms with Crippen LogP contribution in [0.25, 0.3) is 0 Å². The highest BCUT2D eigenvalue weighted by Crippen LogP contribution is 2.60. The minimum atomic E-state index is -1.26. The van der Waals surface area contributed by atoms with Crippen molar-refractivity contribution >= 4 is 11.9 Å². The zero-order chi connectivity index (χ0) is 26.6. The van der Waals surface area contributed by atoms with Crippen LogP contribution in [0.3, 0.4) is 0 Å². The lowest BCUT2D eigenvalue weighted by molar-refractivity contribution is -0.577. The summed E-state index contributed by atoms with van der Waals surface area (Å²) in [5.74, 6) is -1.67. The highest BCUT2D eigenvalue weighted by atomic mass is 17.3. The van der Waals surface area contributed by atoms with E-state index in [0.717, 1.165) is 58.5 Å². The summed E-state index contributed by atoms with van der Waals surface area (Å²) in [6, 6.07) is 0. The van der Waals surface area contributed by atoms with Gasteiger partial charge in [0, 0.05) is 50.0 Å². The van der Waals surface area contributed by atoms with Crippen LogP contribution >= 0.6 is 0 Å². The zero-order valence-electron chi connectivity index (χ0n) is 22.0. The smallest absolute Gasteiger partial charge is 0.328 e. The lowest BCUT2D eigenvalue weighted by atomic mass is 9.58. The lowest BCUT2D eigenvalue weighted by Crippen LogP contribution is -2.70. The second-order valence-corrected chi connectivity index (χ2v) is 11.0. The Bertz CT molecular complexity index is 816. The van der Waals surface area contributed by atoms with E-state index in [4.69, 9.17) is 38.9 Å². The van der Waals surface area contributed by atoms with E-state index in [2.05, 4.69) is 18.7 Å². The van der Waals surface area contributed by atoms with Gasteiger partial charge in [-0.25, -0.2) is 19.4 Å². The number of aliphatic carboxylic acids is 2. The van der Waals surface area contributed by atoms with Crippen molar-refractivity contribution in [2.75, 3.05) is 39.5 Å². The summed E-state index contributed by atoms with van der Waals surface area (Å²) in [6.07, 6.45) is 5.69. The van der Waals surface area contributed by atoms with Gasteiger partial charge >= 0.3 is 11.9 Å². The predicted molar refractivity (Wildman–Crippen MR) is 129 cm³/mol. The van der Waals surface area contributed by atoms with Gasteiger partial charge in [0.15, 0.2) is 18.2 Å². The fourth-order valence-corrected chi connectivity index (χ4v) is 6.52. The highest BCUT2D eigenvalue weighted by molar-refractivity contribution is 5.89. The highest BCUT2D eigenvalue weighted by Gasteiger charge is 2.69. The Hall–Kier alpha value is -1.60. The van der Waals surface area contributed by atoms with Gasteiger partial charge in [0.05, 0.1) is 19.8 Å². The van der Waals surface area contributed by atoms with Crippen molar-refractivity contribution in [2.45, 2.75) is 76.8 Å². The van der Waals surface area contributed by atoms with Gasteiger partial charge in [0.25, 0.3) is 0 Å². The molecule has 6 aliphatic rings. The molecule has 0 aromatic carbocycles. The Kier molecular flexibility index (Phi) is 9.26. The number of fused-ring (bicyclic) bond motifs is 2. The third-order valence-corrected chi connectivity index (χ3v) is 8.47. The minimum absolute atomic E-state index is 0.249. The molecule has 11 heteroatoms. The van der Waals surface area contributed by atoms with Crippen LogP contribution in [0.4, 0.5) is 0 Å². The molecule has 2 unspecified atom stereocenters. The Labute approximate surface area is 217 Å². The van der Waals surface area contributed by atoms with Crippen LogP contribution in [0.15, 0.2) is 12.2 Å². The molecule has 0 amide bonds. The summed E-state index contributed by atoms with van der Waals surface area (Å²) in [7, 11) is 0. The third kappa shape index (κ3) is 6.35. The molecule has 1 aliphatic carbocycles. The van der Waals surface area contributed by atoms with E-state index in [1.807, 2.05) is 6.92 Å². The van der Waals surface area contributed by atoms with Crippen LogP contribution in [-0.2, 0) is 38.3 Å². The van der Waals surface area contributed by atoms with Gasteiger partial charge in [-0.1, -0.05) is 13.8 Å². The first kappa shape index (κ1) is 28.4. The normalized spacial score (nSPS) is 41.4. The van der Waals surface area contributed by atoms with Gasteiger partial charge in [0.1, 0.15) is 0 Å². The number of rotatable bonds is 7. The van der Waals surface area contributed by atoms with Crippen LogP contribution in [0.2, 0.25) is 0 Å². The number of hydrogen-bond donors (Lipinski definition) is 2. The predicted octanol–water partition coefficient (Wildman–Crippen LogP) is 2.65. The number of carboxylic acids is 2. The first-order valence-electron chi connectivity index (χ1n) is 13.4. The molecule has 1 spiro atoms. The molecule has 0 aromatic rings. The van der Waals surface area contributed by atoms with E-state index in [-0.39, 0.29) is 12.2 Å². The van der Waals surface area contributed by atoms with Crippen LogP contribution in [0.1, 0.15) is 52.9 Å².